The van der Waals surface area contributed by atoms with E-state index < -0.39 is 57.8 Å². The molecule has 3 atom stereocenters. The lowest BCUT2D eigenvalue weighted by molar-refractivity contribution is -0.161. The van der Waals surface area contributed by atoms with Crippen molar-refractivity contribution in [2.75, 3.05) is 26.4 Å². The number of ether oxygens (including phenoxy) is 3. The molecule has 72 heavy (non-hydrogen) atoms. The Morgan fingerprint density at radius 1 is 0.403 bits per heavy atom. The average Bonchev–Trinajstić information content (AvgIpc) is 3.37. The molecule has 0 aromatic heterocycles. The van der Waals surface area contributed by atoms with E-state index in [2.05, 4.69) is 130 Å². The third kappa shape index (κ3) is 51.1. The van der Waals surface area contributed by atoms with Gasteiger partial charge in [0.2, 0.25) is 0 Å². The van der Waals surface area contributed by atoms with Crippen molar-refractivity contribution in [3.63, 3.8) is 0 Å². The van der Waals surface area contributed by atoms with Crippen molar-refractivity contribution >= 4 is 25.7 Å². The molecule has 0 fully saturated rings. The van der Waals surface area contributed by atoms with Crippen LogP contribution in [0.4, 0.5) is 0 Å². The maximum absolute atomic E-state index is 12.9. The molecule has 0 amide bonds. The van der Waals surface area contributed by atoms with Gasteiger partial charge in [0.25, 0.3) is 0 Å². The number of unbranched alkanes of at least 4 members (excludes halogenated alkanes) is 15. The molecule has 11 nitrogen and oxygen atoms in total. The molecule has 2 N–H and O–H groups in total. The molecule has 0 bridgehead atoms. The molecule has 0 heterocycles. The summed E-state index contributed by atoms with van der Waals surface area (Å²) in [6.45, 7) is 4.30. The van der Waals surface area contributed by atoms with Gasteiger partial charge in [-0.3, -0.25) is 23.4 Å². The zero-order valence-electron chi connectivity index (χ0n) is 45.1. The first-order chi connectivity index (χ1) is 35.2. The van der Waals surface area contributed by atoms with Gasteiger partial charge in [-0.15, -0.1) is 0 Å². The fourth-order valence-electron chi connectivity index (χ4n) is 6.98. The second-order valence-electron chi connectivity index (χ2n) is 18.0. The van der Waals surface area contributed by atoms with E-state index in [-0.39, 0.29) is 25.9 Å². The summed E-state index contributed by atoms with van der Waals surface area (Å²) in [5, 5.41) is 9.79. The first-order valence-corrected chi connectivity index (χ1v) is 29.3. The minimum atomic E-state index is -4.77. The lowest BCUT2D eigenvalue weighted by atomic mass is 10.1. The third-order valence-corrected chi connectivity index (χ3v) is 12.1. The van der Waals surface area contributed by atoms with Crippen molar-refractivity contribution in [2.24, 2.45) is 0 Å². The van der Waals surface area contributed by atoms with E-state index in [1.807, 2.05) is 0 Å². The Morgan fingerprint density at radius 2 is 0.722 bits per heavy atom. The minimum Gasteiger partial charge on any atom is -0.462 e. The molecule has 12 heteroatoms. The molecule has 410 valence electrons. The second kappa shape index (κ2) is 53.4. The number of rotatable bonds is 50. The van der Waals surface area contributed by atoms with Crippen molar-refractivity contribution in [1.29, 1.82) is 0 Å². The number of esters is 3. The summed E-state index contributed by atoms with van der Waals surface area (Å²) in [5.41, 5.74) is 0. The predicted octanol–water partition coefficient (Wildman–Crippen LogP) is 16.2. The first-order valence-electron chi connectivity index (χ1n) is 27.8. The van der Waals surface area contributed by atoms with E-state index in [1.54, 1.807) is 0 Å². The largest absolute Gasteiger partial charge is 0.472 e. The Kier molecular flexibility index (Phi) is 50.6. The van der Waals surface area contributed by atoms with Crippen LogP contribution in [0.2, 0.25) is 0 Å². The summed E-state index contributed by atoms with van der Waals surface area (Å²) in [6.07, 6.45) is 63.4. The summed E-state index contributed by atoms with van der Waals surface area (Å²) in [4.78, 5) is 48.4. The number of aliphatic hydroxyl groups is 1. The zero-order valence-corrected chi connectivity index (χ0v) is 46.0. The molecule has 0 aliphatic heterocycles. The van der Waals surface area contributed by atoms with Crippen LogP contribution in [0.3, 0.4) is 0 Å². The Morgan fingerprint density at radius 3 is 1.14 bits per heavy atom. The number of hydrogen-bond acceptors (Lipinski definition) is 10. The van der Waals surface area contributed by atoms with Crippen LogP contribution in [0.25, 0.3) is 0 Å². The Labute approximate surface area is 437 Å². The highest BCUT2D eigenvalue weighted by molar-refractivity contribution is 7.47. The molecule has 0 saturated heterocycles. The van der Waals surface area contributed by atoms with Crippen LogP contribution in [0.15, 0.2) is 109 Å². The molecular formula is C60H99O11P. The number of carbonyl (C=O) groups is 3. The quantitative estimate of drug-likeness (QED) is 0.0197. The smallest absolute Gasteiger partial charge is 0.462 e. The zero-order chi connectivity index (χ0) is 52.7. The molecule has 0 saturated carbocycles. The fraction of sp³-hybridized carbons (Fsp3) is 0.650. The van der Waals surface area contributed by atoms with Gasteiger partial charge in [0.15, 0.2) is 6.10 Å². The standard InChI is InChI=1S/C60H99O11P/c1-4-7-10-13-16-19-22-25-26-27-28-29-30-33-36-39-42-45-48-51-60(64)71-57(53-67-58(62)49-46-43-40-37-34-31-23-20-17-14-11-8-5-2)55-69-72(65,66)68-54-56(52-61)70-59(63)50-47-44-41-38-35-32-24-21-18-15-12-9-6-3/h7,9-10,12,16,18-21,23,25-26,28-29,32-33,35-36,56-57,61H,4-6,8,11,13-15,17,22,24,27,30-31,34,37-55H2,1-3H3,(H,65,66)/b10-7-,12-9-,19-16-,21-18-,23-20-,26-25-,29-28-,35-32-,36-33-. The van der Waals surface area contributed by atoms with E-state index in [0.717, 1.165) is 128 Å². The van der Waals surface area contributed by atoms with Gasteiger partial charge in [-0.05, 0) is 122 Å². The summed E-state index contributed by atoms with van der Waals surface area (Å²) >= 11 is 0. The molecule has 3 unspecified atom stereocenters. The average molecular weight is 1030 g/mol. The maximum atomic E-state index is 12.9. The van der Waals surface area contributed by atoms with Crippen molar-refractivity contribution in [3.05, 3.63) is 109 Å². The second-order valence-corrected chi connectivity index (χ2v) is 19.4. The fourth-order valence-corrected chi connectivity index (χ4v) is 7.76. The van der Waals surface area contributed by atoms with Crippen LogP contribution in [-0.4, -0.2) is 66.5 Å². The molecular weight excluding hydrogens is 928 g/mol. The highest BCUT2D eigenvalue weighted by atomic mass is 31.2. The molecule has 0 rings (SSSR count). The lowest BCUT2D eigenvalue weighted by Crippen LogP contribution is -2.30. The van der Waals surface area contributed by atoms with Crippen LogP contribution in [0.5, 0.6) is 0 Å². The van der Waals surface area contributed by atoms with Crippen molar-refractivity contribution in [3.8, 4) is 0 Å². The molecule has 0 aliphatic carbocycles. The maximum Gasteiger partial charge on any atom is 0.472 e. The lowest BCUT2D eigenvalue weighted by Gasteiger charge is -2.21. The molecule has 0 aromatic rings. The minimum absolute atomic E-state index is 0.119. The monoisotopic (exact) mass is 1030 g/mol. The predicted molar refractivity (Wildman–Crippen MR) is 297 cm³/mol. The van der Waals surface area contributed by atoms with Crippen LogP contribution in [0.1, 0.15) is 213 Å². The highest BCUT2D eigenvalue weighted by Crippen LogP contribution is 2.43. The topological polar surface area (TPSA) is 155 Å². The highest BCUT2D eigenvalue weighted by Gasteiger charge is 2.28. The normalized spacial score (nSPS) is 14.2. The van der Waals surface area contributed by atoms with Crippen LogP contribution in [0, 0.1) is 0 Å². The molecule has 0 radical (unpaired) electrons. The van der Waals surface area contributed by atoms with Gasteiger partial charge in [0.05, 0.1) is 19.8 Å². The van der Waals surface area contributed by atoms with Crippen LogP contribution >= 0.6 is 7.82 Å². The van der Waals surface area contributed by atoms with Crippen LogP contribution in [-0.2, 0) is 42.2 Å². The van der Waals surface area contributed by atoms with Crippen molar-refractivity contribution in [2.45, 2.75) is 226 Å². The molecule has 0 spiro atoms. The molecule has 0 aliphatic rings. The van der Waals surface area contributed by atoms with E-state index in [1.165, 1.54) is 25.7 Å². The summed E-state index contributed by atoms with van der Waals surface area (Å²) in [5.74, 6) is -1.56. The van der Waals surface area contributed by atoms with Gasteiger partial charge in [-0.2, -0.15) is 0 Å². The van der Waals surface area contributed by atoms with E-state index >= 15 is 0 Å². The van der Waals surface area contributed by atoms with Crippen molar-refractivity contribution in [1.82, 2.24) is 0 Å². The van der Waals surface area contributed by atoms with Gasteiger partial charge < -0.3 is 24.2 Å². The number of aliphatic hydroxyl groups excluding tert-OH is 1. The van der Waals surface area contributed by atoms with Gasteiger partial charge in [0, 0.05) is 19.3 Å². The Balaban J connectivity index is 4.84. The summed E-state index contributed by atoms with van der Waals surface area (Å²) in [7, 11) is -4.77. The number of phosphoric acid groups is 1. The van der Waals surface area contributed by atoms with Crippen LogP contribution < -0.4 is 0 Å². The van der Waals surface area contributed by atoms with Crippen molar-refractivity contribution < 1.29 is 52.2 Å². The first kappa shape index (κ1) is 68.1. The van der Waals surface area contributed by atoms with E-state index in [4.69, 9.17) is 23.3 Å². The van der Waals surface area contributed by atoms with Gasteiger partial charge in [-0.25, -0.2) is 4.57 Å². The Bertz CT molecular complexity index is 1620. The SMILES string of the molecule is CC/C=C\C/C=C\C/C=C\C/C=C\C/C=C\CCCCCC(=O)OC(COC(=O)CCCCCCC/C=C\CCCCCC)COP(=O)(O)OCC(CO)OC(=O)CCCCC/C=C\C/C=C\C/C=C\CC. The molecule has 0 aromatic carbocycles. The number of carbonyl (C=O) groups excluding carboxylic acids is 3. The summed E-state index contributed by atoms with van der Waals surface area (Å²) in [6, 6.07) is 0. The third-order valence-electron chi connectivity index (χ3n) is 11.2. The number of hydrogen-bond donors (Lipinski definition) is 2. The van der Waals surface area contributed by atoms with E-state index in [9.17, 15) is 28.9 Å². The number of phosphoric ester groups is 1. The Hall–Kier alpha value is -3.86. The summed E-state index contributed by atoms with van der Waals surface area (Å²) < 4.78 is 39.4. The number of allylic oxidation sites excluding steroid dienone is 18. The van der Waals surface area contributed by atoms with Gasteiger partial charge >= 0.3 is 25.7 Å². The van der Waals surface area contributed by atoms with Gasteiger partial charge in [-0.1, -0.05) is 182 Å². The van der Waals surface area contributed by atoms with E-state index in [0.29, 0.717) is 19.3 Å². The van der Waals surface area contributed by atoms with Gasteiger partial charge in [0.1, 0.15) is 12.7 Å².